The molecule has 0 aromatic rings. The summed E-state index contributed by atoms with van der Waals surface area (Å²) in [7, 11) is 0. The van der Waals surface area contributed by atoms with E-state index in [9.17, 15) is 4.91 Å². The van der Waals surface area contributed by atoms with Crippen molar-refractivity contribution < 1.29 is 0 Å². The summed E-state index contributed by atoms with van der Waals surface area (Å²) in [5.41, 5.74) is 6.55. The van der Waals surface area contributed by atoms with Gasteiger partial charge in [-0.1, -0.05) is 31.9 Å². The van der Waals surface area contributed by atoms with E-state index in [4.69, 9.17) is 5.73 Å². The largest absolute Gasteiger partial charge is 0.330 e. The smallest absolute Gasteiger partial charge is 0.0839 e. The first kappa shape index (κ1) is 15.5. The maximum atomic E-state index is 10.8. The number of rotatable bonds is 5. The van der Waals surface area contributed by atoms with Gasteiger partial charge in [0.1, 0.15) is 0 Å². The highest BCUT2D eigenvalue weighted by Crippen LogP contribution is 2.65. The van der Waals surface area contributed by atoms with Crippen molar-refractivity contribution in [2.75, 3.05) is 13.1 Å². The molecule has 0 amide bonds. The minimum absolute atomic E-state index is 0.479. The van der Waals surface area contributed by atoms with Gasteiger partial charge in [-0.25, -0.2) is 0 Å². The SMILES string of the molecule is CC1CC(CN)C1C1([C@H]2CC[C@@H]2C)CCCC(CN=O)C1. The molecule has 0 heterocycles. The van der Waals surface area contributed by atoms with Gasteiger partial charge in [-0.05, 0) is 79.6 Å². The Balaban J connectivity index is 1.85. The van der Waals surface area contributed by atoms with Crippen molar-refractivity contribution in [3.8, 4) is 0 Å². The van der Waals surface area contributed by atoms with Crippen LogP contribution in [0, 0.1) is 45.8 Å². The molecule has 3 saturated carbocycles. The fourth-order valence-electron chi connectivity index (χ4n) is 6.45. The normalized spacial score (nSPS) is 50.0. The van der Waals surface area contributed by atoms with Crippen molar-refractivity contribution in [1.82, 2.24) is 0 Å². The second-order valence-corrected chi connectivity index (χ2v) is 8.40. The molecule has 0 spiro atoms. The first-order chi connectivity index (χ1) is 10.1. The molecule has 0 aromatic heterocycles. The van der Waals surface area contributed by atoms with Crippen LogP contribution in [0.3, 0.4) is 0 Å². The molecular formula is C18H32N2O. The Morgan fingerprint density at radius 2 is 2.00 bits per heavy atom. The average molecular weight is 292 g/mol. The van der Waals surface area contributed by atoms with Crippen LogP contribution in [0.5, 0.6) is 0 Å². The number of nitroso groups, excluding NO2 is 1. The summed E-state index contributed by atoms with van der Waals surface area (Å²) < 4.78 is 0. The molecule has 0 radical (unpaired) electrons. The Kier molecular flexibility index (Phi) is 4.40. The molecule has 0 aromatic carbocycles. The Morgan fingerprint density at radius 3 is 2.52 bits per heavy atom. The summed E-state index contributed by atoms with van der Waals surface area (Å²) in [6, 6.07) is 0. The van der Waals surface area contributed by atoms with Crippen LogP contribution in [0.1, 0.15) is 58.8 Å². The van der Waals surface area contributed by atoms with Crippen molar-refractivity contribution >= 4 is 0 Å². The second-order valence-electron chi connectivity index (χ2n) is 8.40. The molecule has 3 fully saturated rings. The molecule has 0 bridgehead atoms. The van der Waals surface area contributed by atoms with Crippen LogP contribution in [0.15, 0.2) is 5.18 Å². The standard InChI is InChI=1S/C18H32N2O/c1-12-5-6-16(12)18(17-13(2)8-15(17)10-19)7-3-4-14(9-18)11-20-21/h12-17H,3-11,19H2,1-2H3/t12-,13?,14?,15?,16-,17?,18?/m0/s1. The van der Waals surface area contributed by atoms with Gasteiger partial charge < -0.3 is 5.73 Å². The van der Waals surface area contributed by atoms with Crippen LogP contribution < -0.4 is 5.73 Å². The van der Waals surface area contributed by atoms with E-state index in [0.717, 1.165) is 36.1 Å². The Bertz CT molecular complexity index is 385. The summed E-state index contributed by atoms with van der Waals surface area (Å²) in [6.45, 7) is 6.27. The third-order valence-corrected chi connectivity index (χ3v) is 7.38. The lowest BCUT2D eigenvalue weighted by atomic mass is 9.42. The van der Waals surface area contributed by atoms with Gasteiger partial charge >= 0.3 is 0 Å². The van der Waals surface area contributed by atoms with Gasteiger partial charge in [0.2, 0.25) is 0 Å². The zero-order chi connectivity index (χ0) is 15.0. The van der Waals surface area contributed by atoms with E-state index in [-0.39, 0.29) is 0 Å². The van der Waals surface area contributed by atoms with Crippen molar-refractivity contribution in [1.29, 1.82) is 0 Å². The number of nitrogens with two attached hydrogens (primary N) is 1. The fourth-order valence-corrected chi connectivity index (χ4v) is 6.45. The predicted molar refractivity (Wildman–Crippen MR) is 86.8 cm³/mol. The monoisotopic (exact) mass is 292 g/mol. The zero-order valence-corrected chi connectivity index (χ0v) is 13.8. The van der Waals surface area contributed by atoms with Gasteiger partial charge in [-0.2, -0.15) is 4.91 Å². The number of hydrogen-bond acceptors (Lipinski definition) is 3. The van der Waals surface area contributed by atoms with E-state index in [1.54, 1.807) is 0 Å². The second kappa shape index (κ2) is 5.98. The van der Waals surface area contributed by atoms with E-state index in [1.165, 1.54) is 44.9 Å². The molecule has 5 unspecified atom stereocenters. The van der Waals surface area contributed by atoms with Gasteiger partial charge in [-0.15, -0.1) is 0 Å². The van der Waals surface area contributed by atoms with E-state index >= 15 is 0 Å². The summed E-state index contributed by atoms with van der Waals surface area (Å²) in [6.07, 6.45) is 9.26. The number of nitrogens with zero attached hydrogens (tertiary/aromatic N) is 1. The Morgan fingerprint density at radius 1 is 1.19 bits per heavy atom. The minimum atomic E-state index is 0.479. The van der Waals surface area contributed by atoms with Crippen molar-refractivity contribution in [2.24, 2.45) is 51.8 Å². The van der Waals surface area contributed by atoms with E-state index < -0.39 is 0 Å². The van der Waals surface area contributed by atoms with Crippen LogP contribution in [-0.2, 0) is 0 Å². The Hall–Kier alpha value is -0.440. The predicted octanol–water partition coefficient (Wildman–Crippen LogP) is 4.21. The summed E-state index contributed by atoms with van der Waals surface area (Å²) in [4.78, 5) is 10.8. The highest BCUT2D eigenvalue weighted by atomic mass is 16.3. The topological polar surface area (TPSA) is 55.4 Å². The third-order valence-electron chi connectivity index (χ3n) is 7.38. The van der Waals surface area contributed by atoms with Crippen LogP contribution in [0.4, 0.5) is 0 Å². The summed E-state index contributed by atoms with van der Waals surface area (Å²) in [5, 5.41) is 3.23. The molecular weight excluding hydrogens is 260 g/mol. The molecule has 21 heavy (non-hydrogen) atoms. The average Bonchev–Trinajstić information content (AvgIpc) is 2.43. The molecule has 3 heteroatoms. The Labute approximate surface area is 129 Å². The maximum Gasteiger partial charge on any atom is 0.0839 e. The van der Waals surface area contributed by atoms with Gasteiger partial charge in [0.25, 0.3) is 0 Å². The lowest BCUT2D eigenvalue weighted by Crippen LogP contribution is -2.57. The van der Waals surface area contributed by atoms with E-state index in [0.29, 0.717) is 17.9 Å². The van der Waals surface area contributed by atoms with Gasteiger partial charge in [0.15, 0.2) is 0 Å². The lowest BCUT2D eigenvalue weighted by Gasteiger charge is -2.63. The molecule has 0 aliphatic heterocycles. The van der Waals surface area contributed by atoms with E-state index in [1.807, 2.05) is 0 Å². The zero-order valence-electron chi connectivity index (χ0n) is 13.8. The van der Waals surface area contributed by atoms with Gasteiger partial charge in [0.05, 0.1) is 6.54 Å². The highest BCUT2D eigenvalue weighted by molar-refractivity contribution is 5.07. The van der Waals surface area contributed by atoms with E-state index in [2.05, 4.69) is 19.0 Å². The third kappa shape index (κ3) is 2.46. The van der Waals surface area contributed by atoms with Crippen molar-refractivity contribution in [3.63, 3.8) is 0 Å². The minimum Gasteiger partial charge on any atom is -0.330 e. The summed E-state index contributed by atoms with van der Waals surface area (Å²) in [5.74, 6) is 4.66. The summed E-state index contributed by atoms with van der Waals surface area (Å²) >= 11 is 0. The molecule has 2 N–H and O–H groups in total. The molecule has 3 rings (SSSR count). The van der Waals surface area contributed by atoms with Crippen LogP contribution in [0.2, 0.25) is 0 Å². The molecule has 3 aliphatic rings. The first-order valence-electron chi connectivity index (χ1n) is 9.11. The van der Waals surface area contributed by atoms with Crippen molar-refractivity contribution in [3.05, 3.63) is 4.91 Å². The van der Waals surface area contributed by atoms with Crippen LogP contribution in [0.25, 0.3) is 0 Å². The van der Waals surface area contributed by atoms with Gasteiger partial charge in [0, 0.05) is 0 Å². The lowest BCUT2D eigenvalue weighted by molar-refractivity contribution is -0.140. The maximum absolute atomic E-state index is 10.8. The van der Waals surface area contributed by atoms with Crippen LogP contribution >= 0.6 is 0 Å². The van der Waals surface area contributed by atoms with Crippen molar-refractivity contribution in [2.45, 2.75) is 58.8 Å². The molecule has 3 nitrogen and oxygen atoms in total. The number of hydrogen-bond donors (Lipinski definition) is 1. The molecule has 120 valence electrons. The highest BCUT2D eigenvalue weighted by Gasteiger charge is 2.58. The quantitative estimate of drug-likeness (QED) is 0.772. The molecule has 3 aliphatic carbocycles. The fraction of sp³-hybridized carbons (Fsp3) is 1.00. The first-order valence-corrected chi connectivity index (χ1v) is 9.11. The van der Waals surface area contributed by atoms with Crippen LogP contribution in [-0.4, -0.2) is 13.1 Å². The molecule has 7 atom stereocenters. The molecule has 0 saturated heterocycles. The van der Waals surface area contributed by atoms with Gasteiger partial charge in [-0.3, -0.25) is 0 Å².